The molecule has 0 saturated carbocycles. The molecule has 0 atom stereocenters. The average Bonchev–Trinajstić information content (AvgIpc) is 2.55. The molecule has 0 aliphatic heterocycles. The van der Waals surface area contributed by atoms with Crippen molar-refractivity contribution in [3.63, 3.8) is 0 Å². The van der Waals surface area contributed by atoms with E-state index in [0.29, 0.717) is 17.2 Å². The Bertz CT molecular complexity index is 723. The molecule has 23 heavy (non-hydrogen) atoms. The molecule has 0 unspecified atom stereocenters. The maximum Gasteiger partial charge on any atom is 0.489 e. The zero-order chi connectivity index (χ0) is 17.0. The summed E-state index contributed by atoms with van der Waals surface area (Å²) in [5.41, 5.74) is 0.746. The van der Waals surface area contributed by atoms with Gasteiger partial charge in [0.15, 0.2) is 0 Å². The van der Waals surface area contributed by atoms with Crippen molar-refractivity contribution in [2.24, 2.45) is 0 Å². The van der Waals surface area contributed by atoms with Gasteiger partial charge in [-0.1, -0.05) is 11.6 Å². The lowest BCUT2D eigenvalue weighted by molar-refractivity contribution is 0.102. The molecule has 0 radical (unpaired) electrons. The van der Waals surface area contributed by atoms with Crippen LogP contribution in [0.15, 0.2) is 36.4 Å². The van der Waals surface area contributed by atoms with Crippen LogP contribution in [0.2, 0.25) is 5.02 Å². The fourth-order valence-corrected chi connectivity index (χ4v) is 2.19. The van der Waals surface area contributed by atoms with Crippen LogP contribution < -0.4 is 20.3 Å². The van der Waals surface area contributed by atoms with Crippen LogP contribution in [0.3, 0.4) is 0 Å². The molecule has 2 aromatic rings. The van der Waals surface area contributed by atoms with Crippen LogP contribution in [0.5, 0.6) is 11.5 Å². The van der Waals surface area contributed by atoms with Gasteiger partial charge in [-0.05, 0) is 30.3 Å². The van der Waals surface area contributed by atoms with Gasteiger partial charge in [-0.25, -0.2) is 0 Å². The van der Waals surface area contributed by atoms with Crippen molar-refractivity contribution < 1.29 is 24.3 Å². The van der Waals surface area contributed by atoms with Crippen LogP contribution in [0.4, 0.5) is 5.69 Å². The van der Waals surface area contributed by atoms with Crippen molar-refractivity contribution in [3.05, 3.63) is 47.0 Å². The molecule has 0 bridgehead atoms. The number of hydrogen-bond acceptors (Lipinski definition) is 5. The molecule has 2 rings (SSSR count). The third-order valence-electron chi connectivity index (χ3n) is 3.19. The SMILES string of the molecule is COc1ccc(NC(=O)c2ccc(Cl)c(B(O)O)c2)c(OC)c1. The first-order valence-corrected chi connectivity index (χ1v) is 7.03. The Labute approximate surface area is 138 Å². The van der Waals surface area contributed by atoms with Crippen LogP contribution in [0, 0.1) is 0 Å². The van der Waals surface area contributed by atoms with Crippen LogP contribution in [-0.2, 0) is 0 Å². The number of methoxy groups -OCH3 is 2. The highest BCUT2D eigenvalue weighted by Gasteiger charge is 2.18. The van der Waals surface area contributed by atoms with E-state index in [1.807, 2.05) is 0 Å². The van der Waals surface area contributed by atoms with Crippen molar-refractivity contribution in [2.75, 3.05) is 19.5 Å². The third kappa shape index (κ3) is 3.95. The quantitative estimate of drug-likeness (QED) is 0.717. The second-order valence-corrected chi connectivity index (χ2v) is 5.04. The van der Waals surface area contributed by atoms with E-state index in [1.54, 1.807) is 18.2 Å². The minimum atomic E-state index is -1.76. The smallest absolute Gasteiger partial charge is 0.489 e. The zero-order valence-corrected chi connectivity index (χ0v) is 13.3. The van der Waals surface area contributed by atoms with Crippen molar-refractivity contribution in [1.82, 2.24) is 0 Å². The van der Waals surface area contributed by atoms with Gasteiger partial charge in [0.2, 0.25) is 0 Å². The van der Waals surface area contributed by atoms with E-state index in [2.05, 4.69) is 5.32 Å². The van der Waals surface area contributed by atoms with Crippen molar-refractivity contribution in [1.29, 1.82) is 0 Å². The number of nitrogens with one attached hydrogen (secondary N) is 1. The molecule has 6 nitrogen and oxygen atoms in total. The first-order chi connectivity index (χ1) is 11.0. The summed E-state index contributed by atoms with van der Waals surface area (Å²) >= 11 is 5.85. The van der Waals surface area contributed by atoms with Crippen molar-refractivity contribution in [2.45, 2.75) is 0 Å². The molecule has 0 fully saturated rings. The normalized spacial score (nSPS) is 10.1. The Morgan fingerprint density at radius 2 is 1.87 bits per heavy atom. The van der Waals surface area contributed by atoms with E-state index in [-0.39, 0.29) is 16.0 Å². The number of carbonyl (C=O) groups is 1. The molecule has 2 aromatic carbocycles. The number of benzene rings is 2. The second kappa shape index (κ2) is 7.37. The first-order valence-electron chi connectivity index (χ1n) is 6.65. The highest BCUT2D eigenvalue weighted by Crippen LogP contribution is 2.29. The molecule has 0 heterocycles. The largest absolute Gasteiger partial charge is 0.497 e. The van der Waals surface area contributed by atoms with Crippen LogP contribution in [0.25, 0.3) is 0 Å². The summed E-state index contributed by atoms with van der Waals surface area (Å²) in [5, 5.41) is 21.3. The minimum absolute atomic E-state index is 0.0565. The van der Waals surface area contributed by atoms with Gasteiger partial charge in [-0.2, -0.15) is 0 Å². The number of ether oxygens (including phenoxy) is 2. The maximum absolute atomic E-state index is 12.3. The molecule has 0 aromatic heterocycles. The van der Waals surface area contributed by atoms with Gasteiger partial charge in [-0.3, -0.25) is 4.79 Å². The van der Waals surface area contributed by atoms with Gasteiger partial charge in [0.25, 0.3) is 5.91 Å². The Morgan fingerprint density at radius 1 is 1.13 bits per heavy atom. The van der Waals surface area contributed by atoms with E-state index >= 15 is 0 Å². The minimum Gasteiger partial charge on any atom is -0.497 e. The monoisotopic (exact) mass is 335 g/mol. The summed E-state index contributed by atoms with van der Waals surface area (Å²) < 4.78 is 10.3. The van der Waals surface area contributed by atoms with Gasteiger partial charge in [0.05, 0.1) is 19.9 Å². The third-order valence-corrected chi connectivity index (χ3v) is 3.54. The van der Waals surface area contributed by atoms with Gasteiger partial charge in [0.1, 0.15) is 11.5 Å². The second-order valence-electron chi connectivity index (χ2n) is 4.63. The first kappa shape index (κ1) is 17.1. The van der Waals surface area contributed by atoms with Crippen LogP contribution in [-0.4, -0.2) is 37.3 Å². The molecule has 0 saturated heterocycles. The fraction of sp³-hybridized carbons (Fsp3) is 0.133. The standard InChI is InChI=1S/C15H15BClNO5/c1-22-10-4-6-13(14(8-10)23-2)18-15(19)9-3-5-12(17)11(7-9)16(20)21/h3-8,20-21H,1-2H3,(H,18,19). The lowest BCUT2D eigenvalue weighted by Gasteiger charge is -2.12. The summed E-state index contributed by atoms with van der Waals surface area (Å²) in [6, 6.07) is 9.20. The van der Waals surface area contributed by atoms with Gasteiger partial charge < -0.3 is 24.8 Å². The zero-order valence-electron chi connectivity index (χ0n) is 12.5. The summed E-state index contributed by atoms with van der Waals surface area (Å²) in [5.74, 6) is 0.596. The number of amides is 1. The predicted octanol–water partition coefficient (Wildman–Crippen LogP) is 1.29. The summed E-state index contributed by atoms with van der Waals surface area (Å²) in [6.45, 7) is 0. The van der Waals surface area contributed by atoms with E-state index in [9.17, 15) is 14.8 Å². The van der Waals surface area contributed by atoms with Crippen LogP contribution in [0.1, 0.15) is 10.4 Å². The van der Waals surface area contributed by atoms with Gasteiger partial charge >= 0.3 is 7.12 Å². The Morgan fingerprint density at radius 3 is 2.48 bits per heavy atom. The molecule has 0 spiro atoms. The molecular formula is C15H15BClNO5. The lowest BCUT2D eigenvalue weighted by atomic mass is 9.79. The highest BCUT2D eigenvalue weighted by atomic mass is 35.5. The molecule has 0 aliphatic carbocycles. The Hall–Kier alpha value is -2.22. The van der Waals surface area contributed by atoms with Crippen molar-refractivity contribution >= 4 is 35.8 Å². The topological polar surface area (TPSA) is 88.0 Å². The molecular weight excluding hydrogens is 320 g/mol. The molecule has 0 aliphatic rings. The lowest BCUT2D eigenvalue weighted by Crippen LogP contribution is -2.32. The van der Waals surface area contributed by atoms with E-state index in [1.165, 1.54) is 32.4 Å². The number of hydrogen-bond donors (Lipinski definition) is 3. The van der Waals surface area contributed by atoms with Crippen molar-refractivity contribution in [3.8, 4) is 11.5 Å². The molecule has 8 heteroatoms. The fourth-order valence-electron chi connectivity index (χ4n) is 1.98. The summed E-state index contributed by atoms with van der Waals surface area (Å²) in [6.07, 6.45) is 0. The molecule has 120 valence electrons. The van der Waals surface area contributed by atoms with Crippen LogP contribution >= 0.6 is 11.6 Å². The van der Waals surface area contributed by atoms with E-state index < -0.39 is 13.0 Å². The summed E-state index contributed by atoms with van der Waals surface area (Å²) in [4.78, 5) is 12.3. The van der Waals surface area contributed by atoms with Gasteiger partial charge in [-0.15, -0.1) is 0 Å². The number of halogens is 1. The average molecular weight is 336 g/mol. The Balaban J connectivity index is 2.27. The summed E-state index contributed by atoms with van der Waals surface area (Å²) in [7, 11) is 1.25. The predicted molar refractivity (Wildman–Crippen MR) is 88.8 cm³/mol. The number of carbonyl (C=O) groups excluding carboxylic acids is 1. The van der Waals surface area contributed by atoms with E-state index in [0.717, 1.165) is 0 Å². The molecule has 1 amide bonds. The molecule has 3 N–H and O–H groups in total. The number of rotatable bonds is 5. The Kier molecular flexibility index (Phi) is 5.49. The number of anilines is 1. The van der Waals surface area contributed by atoms with Gasteiger partial charge in [0, 0.05) is 22.1 Å². The van der Waals surface area contributed by atoms with E-state index in [4.69, 9.17) is 21.1 Å². The maximum atomic E-state index is 12.3. The highest BCUT2D eigenvalue weighted by molar-refractivity contribution is 6.62.